The number of rotatable bonds is 8. The van der Waals surface area contributed by atoms with Crippen LogP contribution >= 0.6 is 0 Å². The van der Waals surface area contributed by atoms with Gasteiger partial charge in [-0.3, -0.25) is 19.3 Å². The van der Waals surface area contributed by atoms with Crippen LogP contribution in [0.3, 0.4) is 0 Å². The lowest BCUT2D eigenvalue weighted by Gasteiger charge is -2.18. The number of nitrogens with one attached hydrogen (secondary N) is 2. The van der Waals surface area contributed by atoms with E-state index in [4.69, 9.17) is 14.2 Å². The fraction of sp³-hybridized carbons (Fsp3) is 0.444. The first-order chi connectivity index (χ1) is 13.2. The number of esters is 1. The molecule has 0 saturated carbocycles. The molecule has 10 nitrogen and oxygen atoms in total. The summed E-state index contributed by atoms with van der Waals surface area (Å²) in [6.07, 6.45) is 0.386. The average molecular weight is 393 g/mol. The molecule has 28 heavy (non-hydrogen) atoms. The van der Waals surface area contributed by atoms with E-state index in [1.54, 1.807) is 32.0 Å². The number of anilines is 1. The molecule has 1 heterocycles. The van der Waals surface area contributed by atoms with Crippen molar-refractivity contribution in [2.75, 3.05) is 32.7 Å². The summed E-state index contributed by atoms with van der Waals surface area (Å²) in [5.41, 5.74) is -0.617. The second-order valence-corrected chi connectivity index (χ2v) is 6.29. The largest absolute Gasteiger partial charge is 0.493 e. The third-order valence-corrected chi connectivity index (χ3v) is 4.37. The topological polar surface area (TPSA) is 123 Å². The van der Waals surface area contributed by atoms with Gasteiger partial charge >= 0.3 is 12.0 Å². The summed E-state index contributed by atoms with van der Waals surface area (Å²) in [6.45, 7) is 2.19. The van der Waals surface area contributed by atoms with Crippen molar-refractivity contribution < 1.29 is 33.4 Å². The number of carbonyl (C=O) groups excluding carboxylic acids is 4. The van der Waals surface area contributed by atoms with Crippen molar-refractivity contribution in [3.63, 3.8) is 0 Å². The fourth-order valence-electron chi connectivity index (χ4n) is 2.56. The van der Waals surface area contributed by atoms with Gasteiger partial charge in [-0.15, -0.1) is 0 Å². The van der Waals surface area contributed by atoms with E-state index >= 15 is 0 Å². The maximum absolute atomic E-state index is 12.2. The maximum atomic E-state index is 12.2. The number of amides is 4. The molecular formula is C18H23N3O7. The normalized spacial score (nSPS) is 18.5. The highest BCUT2D eigenvalue weighted by Crippen LogP contribution is 2.29. The molecule has 1 atom stereocenters. The molecule has 1 aromatic carbocycles. The van der Waals surface area contributed by atoms with Crippen molar-refractivity contribution in [1.29, 1.82) is 0 Å². The zero-order valence-electron chi connectivity index (χ0n) is 16.2. The molecule has 2 rings (SSSR count). The molecule has 0 radical (unpaired) electrons. The van der Waals surface area contributed by atoms with Crippen LogP contribution in [-0.2, 0) is 19.1 Å². The van der Waals surface area contributed by atoms with Crippen molar-refractivity contribution in [1.82, 2.24) is 10.2 Å². The molecule has 1 aromatic rings. The second kappa shape index (κ2) is 8.59. The number of hydrogen-bond donors (Lipinski definition) is 2. The maximum Gasteiger partial charge on any atom is 0.326 e. The number of urea groups is 1. The van der Waals surface area contributed by atoms with Crippen LogP contribution in [0.2, 0.25) is 0 Å². The highest BCUT2D eigenvalue weighted by Gasteiger charge is 2.47. The number of imide groups is 1. The Kier molecular flexibility index (Phi) is 6.45. The van der Waals surface area contributed by atoms with Crippen molar-refractivity contribution >= 4 is 29.5 Å². The standard InChI is InChI=1S/C18H23N3O7/c1-5-18(2)16(24)21(17(25)20-18)9-15(23)28-10-14(22)19-11-6-7-12(26-3)13(8-11)27-4/h6-8H,5,9-10H2,1-4H3,(H,19,22)(H,20,25)/t18-/m1/s1. The first-order valence-electron chi connectivity index (χ1n) is 8.55. The molecule has 1 fully saturated rings. The minimum Gasteiger partial charge on any atom is -0.493 e. The fourth-order valence-corrected chi connectivity index (χ4v) is 2.56. The monoisotopic (exact) mass is 393 g/mol. The average Bonchev–Trinajstić information content (AvgIpc) is 2.89. The number of benzene rings is 1. The zero-order chi connectivity index (χ0) is 20.9. The van der Waals surface area contributed by atoms with E-state index in [9.17, 15) is 19.2 Å². The van der Waals surface area contributed by atoms with Gasteiger partial charge in [0, 0.05) is 11.8 Å². The van der Waals surface area contributed by atoms with E-state index in [1.807, 2.05) is 0 Å². The summed E-state index contributed by atoms with van der Waals surface area (Å²) in [5, 5.41) is 5.08. The molecule has 1 saturated heterocycles. The van der Waals surface area contributed by atoms with Gasteiger partial charge in [0.05, 0.1) is 14.2 Å². The molecule has 1 aliphatic rings. The molecule has 0 aliphatic carbocycles. The summed E-state index contributed by atoms with van der Waals surface area (Å²) in [4.78, 5) is 48.8. The van der Waals surface area contributed by atoms with E-state index in [-0.39, 0.29) is 0 Å². The third-order valence-electron chi connectivity index (χ3n) is 4.37. The second-order valence-electron chi connectivity index (χ2n) is 6.29. The Morgan fingerprint density at radius 3 is 2.43 bits per heavy atom. The van der Waals surface area contributed by atoms with Crippen LogP contribution in [0.4, 0.5) is 10.5 Å². The van der Waals surface area contributed by atoms with E-state index in [1.165, 1.54) is 14.2 Å². The zero-order valence-corrected chi connectivity index (χ0v) is 16.2. The Morgan fingerprint density at radius 2 is 1.86 bits per heavy atom. The van der Waals surface area contributed by atoms with E-state index < -0.39 is 42.5 Å². The Hall–Kier alpha value is -3.30. The lowest BCUT2D eigenvalue weighted by Crippen LogP contribution is -2.43. The first-order valence-corrected chi connectivity index (χ1v) is 8.55. The summed E-state index contributed by atoms with van der Waals surface area (Å²) in [7, 11) is 2.95. The molecule has 0 bridgehead atoms. The van der Waals surface area contributed by atoms with Crippen LogP contribution < -0.4 is 20.1 Å². The van der Waals surface area contributed by atoms with Crippen LogP contribution in [0.25, 0.3) is 0 Å². The molecule has 0 unspecified atom stereocenters. The van der Waals surface area contributed by atoms with Crippen LogP contribution in [-0.4, -0.2) is 61.6 Å². The molecule has 2 N–H and O–H groups in total. The van der Waals surface area contributed by atoms with Gasteiger partial charge in [0.15, 0.2) is 18.1 Å². The van der Waals surface area contributed by atoms with Crippen molar-refractivity contribution in [3.8, 4) is 11.5 Å². The Labute approximate surface area is 162 Å². The summed E-state index contributed by atoms with van der Waals surface area (Å²) < 4.78 is 15.1. The summed E-state index contributed by atoms with van der Waals surface area (Å²) >= 11 is 0. The predicted molar refractivity (Wildman–Crippen MR) is 98.1 cm³/mol. The molecular weight excluding hydrogens is 370 g/mol. The van der Waals surface area contributed by atoms with Crippen molar-refractivity contribution in [2.45, 2.75) is 25.8 Å². The molecule has 0 aromatic heterocycles. The van der Waals surface area contributed by atoms with Crippen molar-refractivity contribution in [3.05, 3.63) is 18.2 Å². The Balaban J connectivity index is 1.87. The van der Waals surface area contributed by atoms with Gasteiger partial charge in [-0.1, -0.05) is 6.92 Å². The number of carbonyl (C=O) groups is 4. The number of hydrogen-bond acceptors (Lipinski definition) is 7. The summed E-state index contributed by atoms with van der Waals surface area (Å²) in [5.74, 6) is -1.04. The van der Waals surface area contributed by atoms with Crippen LogP contribution in [0.5, 0.6) is 11.5 Å². The van der Waals surface area contributed by atoms with Crippen LogP contribution in [0, 0.1) is 0 Å². The Bertz CT molecular complexity index is 795. The van der Waals surface area contributed by atoms with Gasteiger partial charge in [-0.25, -0.2) is 4.79 Å². The number of nitrogens with zero attached hydrogens (tertiary/aromatic N) is 1. The molecule has 0 spiro atoms. The van der Waals surface area contributed by atoms with E-state index in [0.29, 0.717) is 23.6 Å². The van der Waals surface area contributed by atoms with Gasteiger partial charge < -0.3 is 24.8 Å². The number of ether oxygens (including phenoxy) is 3. The first kappa shape index (κ1) is 21.0. The Morgan fingerprint density at radius 1 is 1.18 bits per heavy atom. The lowest BCUT2D eigenvalue weighted by atomic mass is 9.99. The lowest BCUT2D eigenvalue weighted by molar-refractivity contribution is -0.150. The molecule has 1 aliphatic heterocycles. The SMILES string of the molecule is CC[C@@]1(C)NC(=O)N(CC(=O)OCC(=O)Nc2ccc(OC)c(OC)c2)C1=O. The summed E-state index contributed by atoms with van der Waals surface area (Å²) in [6, 6.07) is 4.10. The van der Waals surface area contributed by atoms with Gasteiger partial charge in [0.25, 0.3) is 11.8 Å². The van der Waals surface area contributed by atoms with E-state index in [2.05, 4.69) is 10.6 Å². The van der Waals surface area contributed by atoms with Gasteiger partial charge in [-0.05, 0) is 25.5 Å². The molecule has 10 heteroatoms. The number of methoxy groups -OCH3 is 2. The third kappa shape index (κ3) is 4.51. The van der Waals surface area contributed by atoms with E-state index in [0.717, 1.165) is 4.90 Å². The van der Waals surface area contributed by atoms with Crippen LogP contribution in [0.15, 0.2) is 18.2 Å². The molecule has 4 amide bonds. The molecule has 152 valence electrons. The van der Waals surface area contributed by atoms with Gasteiger partial charge in [0.1, 0.15) is 12.1 Å². The minimum atomic E-state index is -1.04. The highest BCUT2D eigenvalue weighted by atomic mass is 16.5. The smallest absolute Gasteiger partial charge is 0.326 e. The predicted octanol–water partition coefficient (Wildman–Crippen LogP) is 0.906. The van der Waals surface area contributed by atoms with Gasteiger partial charge in [0.2, 0.25) is 0 Å². The quantitative estimate of drug-likeness (QED) is 0.497. The minimum absolute atomic E-state index is 0.386. The van der Waals surface area contributed by atoms with Gasteiger partial charge in [-0.2, -0.15) is 0 Å². The van der Waals surface area contributed by atoms with Crippen molar-refractivity contribution in [2.24, 2.45) is 0 Å². The highest BCUT2D eigenvalue weighted by molar-refractivity contribution is 6.08. The van der Waals surface area contributed by atoms with Crippen LogP contribution in [0.1, 0.15) is 20.3 Å².